The Morgan fingerprint density at radius 3 is 2.89 bits per heavy atom. The fraction of sp³-hybridized carbons (Fsp3) is 0.478. The Balaban J connectivity index is 1.85. The molecule has 0 radical (unpaired) electrons. The van der Waals surface area contributed by atoms with Crippen LogP contribution in [0, 0.1) is 11.8 Å². The van der Waals surface area contributed by atoms with E-state index >= 15 is 0 Å². The van der Waals surface area contributed by atoms with Gasteiger partial charge in [-0.25, -0.2) is 0 Å². The van der Waals surface area contributed by atoms with E-state index in [1.807, 2.05) is 36.4 Å². The highest BCUT2D eigenvalue weighted by molar-refractivity contribution is 5.78. The minimum absolute atomic E-state index is 0.0206. The molecule has 2 atom stereocenters. The van der Waals surface area contributed by atoms with Crippen LogP contribution in [0.3, 0.4) is 0 Å². The van der Waals surface area contributed by atoms with Gasteiger partial charge in [0.05, 0.1) is 18.7 Å². The molecule has 1 aliphatic rings. The van der Waals surface area contributed by atoms with E-state index in [9.17, 15) is 14.7 Å². The van der Waals surface area contributed by atoms with Crippen molar-refractivity contribution in [3.05, 3.63) is 48.0 Å². The smallest absolute Gasteiger partial charge is 0.223 e. The molecule has 150 valence electrons. The summed E-state index contributed by atoms with van der Waals surface area (Å²) in [5.74, 6) is 6.25. The summed E-state index contributed by atoms with van der Waals surface area (Å²) in [5.41, 5.74) is 1.08. The van der Waals surface area contributed by atoms with Crippen molar-refractivity contribution in [1.82, 2.24) is 10.2 Å². The van der Waals surface area contributed by atoms with Gasteiger partial charge in [0.2, 0.25) is 11.8 Å². The van der Waals surface area contributed by atoms with Gasteiger partial charge < -0.3 is 15.3 Å². The zero-order valence-electron chi connectivity index (χ0n) is 16.6. The Morgan fingerprint density at radius 1 is 1.36 bits per heavy atom. The van der Waals surface area contributed by atoms with Crippen molar-refractivity contribution in [2.24, 2.45) is 0 Å². The predicted octanol–water partition coefficient (Wildman–Crippen LogP) is 2.45. The molecule has 2 N–H and O–H groups in total. The zero-order chi connectivity index (χ0) is 20.2. The zero-order valence-corrected chi connectivity index (χ0v) is 16.6. The number of nitrogens with zero attached hydrogens (tertiary/aromatic N) is 1. The number of amides is 2. The molecule has 28 heavy (non-hydrogen) atoms. The van der Waals surface area contributed by atoms with Crippen molar-refractivity contribution in [3.8, 4) is 11.8 Å². The number of rotatable bonds is 8. The lowest BCUT2D eigenvalue weighted by atomic mass is 9.99. The van der Waals surface area contributed by atoms with Gasteiger partial charge in [-0.05, 0) is 24.8 Å². The Hall–Kier alpha value is -2.58. The van der Waals surface area contributed by atoms with Crippen LogP contribution >= 0.6 is 0 Å². The SMILES string of the molecule is CNC(=O)CCCC#CCN1C(=O)CCC[C@@H]1/C=C/C(O)Cc1ccccc1. The van der Waals surface area contributed by atoms with E-state index in [-0.39, 0.29) is 17.9 Å². The van der Waals surface area contributed by atoms with Gasteiger partial charge in [-0.1, -0.05) is 48.4 Å². The lowest BCUT2D eigenvalue weighted by Gasteiger charge is -2.32. The van der Waals surface area contributed by atoms with Crippen molar-refractivity contribution in [2.75, 3.05) is 13.6 Å². The number of hydrogen-bond acceptors (Lipinski definition) is 3. The van der Waals surface area contributed by atoms with Crippen LogP contribution in [-0.2, 0) is 16.0 Å². The monoisotopic (exact) mass is 382 g/mol. The van der Waals surface area contributed by atoms with Crippen LogP contribution in [0.15, 0.2) is 42.5 Å². The normalized spacial score (nSPS) is 17.9. The molecule has 1 heterocycles. The lowest BCUT2D eigenvalue weighted by Crippen LogP contribution is -2.42. The van der Waals surface area contributed by atoms with Gasteiger partial charge in [0.25, 0.3) is 0 Å². The third kappa shape index (κ3) is 7.58. The van der Waals surface area contributed by atoms with E-state index in [1.165, 1.54) is 0 Å². The second-order valence-electron chi connectivity index (χ2n) is 7.00. The van der Waals surface area contributed by atoms with E-state index in [4.69, 9.17) is 0 Å². The van der Waals surface area contributed by atoms with Crippen molar-refractivity contribution in [2.45, 2.75) is 57.1 Å². The minimum atomic E-state index is -0.572. The maximum absolute atomic E-state index is 12.3. The van der Waals surface area contributed by atoms with E-state index in [2.05, 4.69) is 17.2 Å². The fourth-order valence-electron chi connectivity index (χ4n) is 3.22. The average Bonchev–Trinajstić information content (AvgIpc) is 2.70. The highest BCUT2D eigenvalue weighted by atomic mass is 16.3. The lowest BCUT2D eigenvalue weighted by molar-refractivity contribution is -0.134. The molecule has 5 heteroatoms. The first-order valence-electron chi connectivity index (χ1n) is 9.96. The number of carbonyl (C=O) groups is 2. The van der Waals surface area contributed by atoms with Crippen LogP contribution in [0.1, 0.15) is 44.1 Å². The number of likely N-dealkylation sites (tertiary alicyclic amines) is 1. The largest absolute Gasteiger partial charge is 0.389 e. The molecule has 1 fully saturated rings. The quantitative estimate of drug-likeness (QED) is 0.412. The van der Waals surface area contributed by atoms with Gasteiger partial charge in [-0.3, -0.25) is 9.59 Å². The number of benzene rings is 1. The third-order valence-corrected chi connectivity index (χ3v) is 4.81. The number of nitrogens with one attached hydrogen (secondary N) is 1. The molecule has 0 saturated carbocycles. The number of unbranched alkanes of at least 4 members (excludes halogenated alkanes) is 1. The first-order chi connectivity index (χ1) is 13.6. The van der Waals surface area contributed by atoms with E-state index < -0.39 is 6.10 Å². The van der Waals surface area contributed by atoms with Crippen LogP contribution < -0.4 is 5.32 Å². The van der Waals surface area contributed by atoms with Gasteiger partial charge in [-0.15, -0.1) is 5.92 Å². The average molecular weight is 383 g/mol. The molecule has 1 aromatic carbocycles. The molecule has 2 rings (SSSR count). The molecule has 0 aliphatic carbocycles. The molecular weight excluding hydrogens is 352 g/mol. The first kappa shape index (κ1) is 21.7. The highest BCUT2D eigenvalue weighted by Gasteiger charge is 2.25. The van der Waals surface area contributed by atoms with Crippen molar-refractivity contribution in [3.63, 3.8) is 0 Å². The second-order valence-corrected chi connectivity index (χ2v) is 7.00. The Morgan fingerprint density at radius 2 is 2.14 bits per heavy atom. The van der Waals surface area contributed by atoms with Gasteiger partial charge in [0.15, 0.2) is 0 Å². The van der Waals surface area contributed by atoms with Gasteiger partial charge >= 0.3 is 0 Å². The minimum Gasteiger partial charge on any atom is -0.389 e. The molecule has 5 nitrogen and oxygen atoms in total. The number of piperidine rings is 1. The van der Waals surface area contributed by atoms with Gasteiger partial charge in [0, 0.05) is 32.7 Å². The number of aliphatic hydroxyl groups excluding tert-OH is 1. The standard InChI is InChI=1S/C23H30N2O3/c1-24-22(27)13-7-2-3-8-17-25-20(12-9-14-23(25)28)15-16-21(26)18-19-10-5-4-6-11-19/h4-6,10-11,15-16,20-21,26H,2,7,9,12-14,17-18H2,1H3,(H,24,27)/b16-15+/t20-,21?/m1/s1. The van der Waals surface area contributed by atoms with Gasteiger partial charge in [0.1, 0.15) is 0 Å². The van der Waals surface area contributed by atoms with Gasteiger partial charge in [-0.2, -0.15) is 0 Å². The maximum atomic E-state index is 12.3. The molecule has 1 aromatic rings. The van der Waals surface area contributed by atoms with Crippen LogP contribution in [0.25, 0.3) is 0 Å². The van der Waals surface area contributed by atoms with E-state index in [0.717, 1.165) is 24.8 Å². The summed E-state index contributed by atoms with van der Waals surface area (Å²) in [5, 5.41) is 12.9. The molecule has 1 saturated heterocycles. The Bertz CT molecular complexity index is 718. The van der Waals surface area contributed by atoms with Crippen molar-refractivity contribution in [1.29, 1.82) is 0 Å². The van der Waals surface area contributed by atoms with E-state index in [1.54, 1.807) is 18.0 Å². The molecule has 0 spiro atoms. The number of hydrogen-bond donors (Lipinski definition) is 2. The number of aliphatic hydroxyl groups is 1. The van der Waals surface area contributed by atoms with Crippen LogP contribution in [0.2, 0.25) is 0 Å². The molecule has 1 aliphatic heterocycles. The molecule has 2 amide bonds. The van der Waals surface area contributed by atoms with Crippen LogP contribution in [0.4, 0.5) is 0 Å². The van der Waals surface area contributed by atoms with Crippen molar-refractivity contribution < 1.29 is 14.7 Å². The van der Waals surface area contributed by atoms with E-state index in [0.29, 0.717) is 32.2 Å². The van der Waals surface area contributed by atoms with Crippen LogP contribution in [-0.4, -0.2) is 47.6 Å². The number of carbonyl (C=O) groups excluding carboxylic acids is 2. The summed E-state index contributed by atoms with van der Waals surface area (Å²) in [7, 11) is 1.63. The summed E-state index contributed by atoms with van der Waals surface area (Å²) >= 11 is 0. The van der Waals surface area contributed by atoms with Crippen LogP contribution in [0.5, 0.6) is 0 Å². The maximum Gasteiger partial charge on any atom is 0.223 e. The summed E-state index contributed by atoms with van der Waals surface area (Å²) < 4.78 is 0. The molecule has 1 unspecified atom stereocenters. The molecular formula is C23H30N2O3. The molecule has 0 bridgehead atoms. The first-order valence-corrected chi connectivity index (χ1v) is 9.96. The molecule has 0 aromatic heterocycles. The summed E-state index contributed by atoms with van der Waals surface area (Å²) in [6.45, 7) is 0.391. The third-order valence-electron chi connectivity index (χ3n) is 4.81. The predicted molar refractivity (Wildman–Crippen MR) is 110 cm³/mol. The van der Waals surface area contributed by atoms with Crippen molar-refractivity contribution >= 4 is 11.8 Å². The second kappa shape index (κ2) is 12.0. The fourth-order valence-corrected chi connectivity index (χ4v) is 3.22. The summed E-state index contributed by atoms with van der Waals surface area (Å²) in [6, 6.07) is 9.84. The Labute approximate surface area is 167 Å². The summed E-state index contributed by atoms with van der Waals surface area (Å²) in [4.78, 5) is 25.3. The summed E-state index contributed by atoms with van der Waals surface area (Å²) in [6.07, 6.45) is 7.85. The Kier molecular flexibility index (Phi) is 9.30. The topological polar surface area (TPSA) is 69.6 Å². The highest BCUT2D eigenvalue weighted by Crippen LogP contribution is 2.19.